The highest BCUT2D eigenvalue weighted by Crippen LogP contribution is 2.34. The predicted octanol–water partition coefficient (Wildman–Crippen LogP) is 3.82. The molecule has 1 saturated carbocycles. The van der Waals surface area contributed by atoms with Crippen LogP contribution in [0.5, 0.6) is 0 Å². The third-order valence-electron chi connectivity index (χ3n) is 3.99. The fourth-order valence-electron chi connectivity index (χ4n) is 3.21. The summed E-state index contributed by atoms with van der Waals surface area (Å²) >= 11 is 0. The van der Waals surface area contributed by atoms with Gasteiger partial charge in [-0.3, -0.25) is 0 Å². The third-order valence-corrected chi connectivity index (χ3v) is 3.99. The zero-order chi connectivity index (χ0) is 12.8. The van der Waals surface area contributed by atoms with Gasteiger partial charge in [0.1, 0.15) is 6.26 Å². The molecule has 1 fully saturated rings. The van der Waals surface area contributed by atoms with Gasteiger partial charge in [-0.05, 0) is 45.2 Å². The van der Waals surface area contributed by atoms with E-state index in [1.165, 1.54) is 51.6 Å². The Morgan fingerprint density at radius 1 is 1.28 bits per heavy atom. The minimum atomic E-state index is 0.537. The van der Waals surface area contributed by atoms with Crippen LogP contribution in [0, 0.1) is 0 Å². The van der Waals surface area contributed by atoms with Gasteiger partial charge >= 0.3 is 0 Å². The van der Waals surface area contributed by atoms with Crippen molar-refractivity contribution in [2.45, 2.75) is 64.3 Å². The first-order valence-electron chi connectivity index (χ1n) is 7.48. The smallest absolute Gasteiger partial charge is 0.197 e. The summed E-state index contributed by atoms with van der Waals surface area (Å²) in [4.78, 5) is 7.02. The number of nitrogens with zero attached hydrogens (tertiary/aromatic N) is 2. The normalized spacial score (nSPS) is 24.6. The van der Waals surface area contributed by atoms with E-state index in [2.05, 4.69) is 23.7 Å². The van der Waals surface area contributed by atoms with Gasteiger partial charge in [0.2, 0.25) is 0 Å². The van der Waals surface area contributed by atoms with Crippen LogP contribution in [0.25, 0.3) is 0 Å². The van der Waals surface area contributed by atoms with E-state index in [9.17, 15) is 0 Å². The fraction of sp³-hybridized carbons (Fsp3) is 0.800. The first-order chi connectivity index (χ1) is 8.85. The summed E-state index contributed by atoms with van der Waals surface area (Å²) in [7, 11) is 0. The van der Waals surface area contributed by atoms with Gasteiger partial charge in [0.05, 0.1) is 6.20 Å². The summed E-state index contributed by atoms with van der Waals surface area (Å²) in [5.74, 6) is 1.49. The van der Waals surface area contributed by atoms with Crippen molar-refractivity contribution in [3.63, 3.8) is 0 Å². The molecule has 0 saturated heterocycles. The first-order valence-corrected chi connectivity index (χ1v) is 7.48. The second-order valence-electron chi connectivity index (χ2n) is 5.42. The molecule has 2 rings (SSSR count). The van der Waals surface area contributed by atoms with Crippen LogP contribution in [-0.4, -0.2) is 29.0 Å². The summed E-state index contributed by atoms with van der Waals surface area (Å²) < 4.78 is 5.49. The Morgan fingerprint density at radius 3 is 2.67 bits per heavy atom. The monoisotopic (exact) mass is 250 g/mol. The Labute approximate surface area is 111 Å². The standard InChI is InChI=1S/C15H26N2O/c1-3-9-17(10-4-2)14-7-5-6-13(12-14)15-16-8-11-18-15/h8,11,13-14H,3-7,9-10,12H2,1-2H3/t13?,14-/m1/s1. The van der Waals surface area contributed by atoms with Crippen LogP contribution < -0.4 is 0 Å². The molecule has 1 aromatic heterocycles. The molecule has 0 amide bonds. The number of aromatic nitrogens is 1. The molecule has 0 radical (unpaired) electrons. The van der Waals surface area contributed by atoms with Crippen molar-refractivity contribution >= 4 is 0 Å². The summed E-state index contributed by atoms with van der Waals surface area (Å²) in [6, 6.07) is 0.732. The number of rotatable bonds is 6. The molecule has 1 aromatic rings. The van der Waals surface area contributed by atoms with Gasteiger partial charge < -0.3 is 9.32 Å². The van der Waals surface area contributed by atoms with Crippen molar-refractivity contribution in [1.82, 2.24) is 9.88 Å². The second kappa shape index (κ2) is 6.93. The van der Waals surface area contributed by atoms with Crippen LogP contribution >= 0.6 is 0 Å². The van der Waals surface area contributed by atoms with Crippen molar-refractivity contribution in [3.8, 4) is 0 Å². The molecule has 0 spiro atoms. The lowest BCUT2D eigenvalue weighted by Crippen LogP contribution is -2.39. The van der Waals surface area contributed by atoms with Crippen molar-refractivity contribution in [3.05, 3.63) is 18.4 Å². The van der Waals surface area contributed by atoms with Gasteiger partial charge in [0.25, 0.3) is 0 Å². The topological polar surface area (TPSA) is 29.3 Å². The average Bonchev–Trinajstić information content (AvgIpc) is 2.93. The zero-order valence-corrected chi connectivity index (χ0v) is 11.8. The second-order valence-corrected chi connectivity index (χ2v) is 5.42. The molecule has 102 valence electrons. The van der Waals surface area contributed by atoms with Crippen LogP contribution in [0.3, 0.4) is 0 Å². The zero-order valence-electron chi connectivity index (χ0n) is 11.8. The van der Waals surface area contributed by atoms with Crippen LogP contribution in [0.4, 0.5) is 0 Å². The van der Waals surface area contributed by atoms with Crippen LogP contribution in [0.1, 0.15) is 64.2 Å². The van der Waals surface area contributed by atoms with Crippen molar-refractivity contribution in [1.29, 1.82) is 0 Å². The quantitative estimate of drug-likeness (QED) is 0.768. The van der Waals surface area contributed by atoms with E-state index >= 15 is 0 Å². The van der Waals surface area contributed by atoms with Gasteiger partial charge in [0, 0.05) is 12.0 Å². The Bertz CT molecular complexity index is 317. The van der Waals surface area contributed by atoms with Crippen LogP contribution in [-0.2, 0) is 0 Å². The molecule has 3 nitrogen and oxygen atoms in total. The molecule has 0 aromatic carbocycles. The minimum Gasteiger partial charge on any atom is -0.449 e. The molecule has 18 heavy (non-hydrogen) atoms. The summed E-state index contributed by atoms with van der Waals surface area (Å²) in [6.45, 7) is 7.02. The molecule has 0 N–H and O–H groups in total. The summed E-state index contributed by atoms with van der Waals surface area (Å²) in [6.07, 6.45) is 11.1. The number of hydrogen-bond acceptors (Lipinski definition) is 3. The van der Waals surface area contributed by atoms with E-state index < -0.39 is 0 Å². The predicted molar refractivity (Wildman–Crippen MR) is 73.7 cm³/mol. The van der Waals surface area contributed by atoms with Gasteiger partial charge in [0.15, 0.2) is 5.89 Å². The Morgan fingerprint density at radius 2 is 2.06 bits per heavy atom. The molecule has 0 aliphatic heterocycles. The average molecular weight is 250 g/mol. The molecule has 1 unspecified atom stereocenters. The molecular formula is C15H26N2O. The Balaban J connectivity index is 1.96. The van der Waals surface area contributed by atoms with Gasteiger partial charge in [-0.25, -0.2) is 4.98 Å². The van der Waals surface area contributed by atoms with Crippen molar-refractivity contribution in [2.75, 3.05) is 13.1 Å². The maximum Gasteiger partial charge on any atom is 0.197 e. The van der Waals surface area contributed by atoms with Crippen LogP contribution in [0.15, 0.2) is 16.9 Å². The lowest BCUT2D eigenvalue weighted by atomic mass is 9.84. The molecule has 2 atom stereocenters. The molecule has 3 heteroatoms. The minimum absolute atomic E-state index is 0.537. The largest absolute Gasteiger partial charge is 0.449 e. The van der Waals surface area contributed by atoms with E-state index in [1.54, 1.807) is 12.5 Å². The lowest BCUT2D eigenvalue weighted by Gasteiger charge is -2.36. The third kappa shape index (κ3) is 3.35. The Hall–Kier alpha value is -0.830. The Kier molecular flexibility index (Phi) is 5.24. The van der Waals surface area contributed by atoms with E-state index in [0.717, 1.165) is 11.9 Å². The van der Waals surface area contributed by atoms with E-state index in [1.807, 2.05) is 0 Å². The van der Waals surface area contributed by atoms with Gasteiger partial charge in [-0.15, -0.1) is 0 Å². The van der Waals surface area contributed by atoms with Crippen LogP contribution in [0.2, 0.25) is 0 Å². The highest BCUT2D eigenvalue weighted by molar-refractivity contribution is 4.96. The summed E-state index contributed by atoms with van der Waals surface area (Å²) in [5.41, 5.74) is 0. The number of hydrogen-bond donors (Lipinski definition) is 0. The molecular weight excluding hydrogens is 224 g/mol. The fourth-order valence-corrected chi connectivity index (χ4v) is 3.21. The van der Waals surface area contributed by atoms with Gasteiger partial charge in [-0.1, -0.05) is 20.3 Å². The van der Waals surface area contributed by atoms with Crippen molar-refractivity contribution < 1.29 is 4.42 Å². The first kappa shape index (κ1) is 13.6. The maximum absolute atomic E-state index is 5.49. The number of oxazole rings is 1. The van der Waals surface area contributed by atoms with E-state index in [4.69, 9.17) is 4.42 Å². The lowest BCUT2D eigenvalue weighted by molar-refractivity contribution is 0.140. The molecule has 1 aliphatic carbocycles. The maximum atomic E-state index is 5.49. The van der Waals surface area contributed by atoms with E-state index in [-0.39, 0.29) is 0 Å². The van der Waals surface area contributed by atoms with Gasteiger partial charge in [-0.2, -0.15) is 0 Å². The molecule has 1 aliphatic rings. The van der Waals surface area contributed by atoms with Crippen molar-refractivity contribution in [2.24, 2.45) is 0 Å². The summed E-state index contributed by atoms with van der Waals surface area (Å²) in [5, 5.41) is 0. The molecule has 1 heterocycles. The molecule has 0 bridgehead atoms. The highest BCUT2D eigenvalue weighted by Gasteiger charge is 2.28. The SMILES string of the molecule is CCCN(CCC)[C@@H]1CCCC(c2ncco2)C1. The highest BCUT2D eigenvalue weighted by atomic mass is 16.3. The van der Waals surface area contributed by atoms with E-state index in [0.29, 0.717) is 5.92 Å².